The molecule has 74 valence electrons. The van der Waals surface area contributed by atoms with Gasteiger partial charge in [0.2, 0.25) is 0 Å². The summed E-state index contributed by atoms with van der Waals surface area (Å²) in [4.78, 5) is 0. The van der Waals surface area contributed by atoms with Gasteiger partial charge in [0.15, 0.2) is 0 Å². The second kappa shape index (κ2) is 3.92. The average molecular weight is 181 g/mol. The van der Waals surface area contributed by atoms with Crippen molar-refractivity contribution in [1.82, 2.24) is 9.78 Å². The van der Waals surface area contributed by atoms with Crippen LogP contribution >= 0.6 is 0 Å². The van der Waals surface area contributed by atoms with Gasteiger partial charge < -0.3 is 5.73 Å². The lowest BCUT2D eigenvalue weighted by atomic mass is 9.90. The Hall–Kier alpha value is -0.830. The molecule has 0 fully saturated rings. The van der Waals surface area contributed by atoms with Crippen LogP contribution in [-0.2, 0) is 6.54 Å². The predicted octanol–water partition coefficient (Wildman–Crippen LogP) is 1.57. The minimum absolute atomic E-state index is 0.222. The summed E-state index contributed by atoms with van der Waals surface area (Å²) < 4.78 is 1.98. The largest absolute Gasteiger partial charge is 0.330 e. The van der Waals surface area contributed by atoms with Crippen LogP contribution in [-0.4, -0.2) is 16.3 Å². The van der Waals surface area contributed by atoms with E-state index in [0.717, 1.165) is 25.2 Å². The van der Waals surface area contributed by atoms with Crippen molar-refractivity contribution in [3.8, 4) is 0 Å². The maximum absolute atomic E-state index is 5.65. The molecule has 0 saturated heterocycles. The van der Waals surface area contributed by atoms with Gasteiger partial charge in [0, 0.05) is 12.7 Å². The Bertz CT molecular complexity index is 263. The van der Waals surface area contributed by atoms with E-state index >= 15 is 0 Å². The first-order valence-corrected chi connectivity index (χ1v) is 4.74. The fourth-order valence-corrected chi connectivity index (χ4v) is 1.11. The Labute approximate surface area is 79.9 Å². The highest BCUT2D eigenvalue weighted by Gasteiger charge is 2.14. The van der Waals surface area contributed by atoms with Crippen molar-refractivity contribution in [1.29, 1.82) is 0 Å². The van der Waals surface area contributed by atoms with E-state index in [9.17, 15) is 0 Å². The normalized spacial score (nSPS) is 12.0. The van der Waals surface area contributed by atoms with Crippen molar-refractivity contribution in [2.45, 2.75) is 33.7 Å². The number of aryl methyl sites for hydroxylation is 2. The molecule has 2 N–H and O–H groups in total. The SMILES string of the molecule is Cc1ccn(CCC(C)(C)CN)n1. The summed E-state index contributed by atoms with van der Waals surface area (Å²) >= 11 is 0. The number of nitrogens with two attached hydrogens (primary N) is 1. The van der Waals surface area contributed by atoms with Crippen molar-refractivity contribution in [3.05, 3.63) is 18.0 Å². The van der Waals surface area contributed by atoms with Gasteiger partial charge in [-0.2, -0.15) is 5.10 Å². The summed E-state index contributed by atoms with van der Waals surface area (Å²) in [7, 11) is 0. The monoisotopic (exact) mass is 181 g/mol. The zero-order chi connectivity index (χ0) is 9.90. The Morgan fingerprint density at radius 3 is 2.69 bits per heavy atom. The highest BCUT2D eigenvalue weighted by Crippen LogP contribution is 2.18. The van der Waals surface area contributed by atoms with Crippen molar-refractivity contribution in [2.24, 2.45) is 11.1 Å². The molecule has 3 heteroatoms. The number of nitrogens with zero attached hydrogens (tertiary/aromatic N) is 2. The maximum Gasteiger partial charge on any atom is 0.0593 e. The molecule has 13 heavy (non-hydrogen) atoms. The fraction of sp³-hybridized carbons (Fsp3) is 0.700. The lowest BCUT2D eigenvalue weighted by Crippen LogP contribution is -2.25. The Kier molecular flexibility index (Phi) is 3.09. The average Bonchev–Trinajstić information content (AvgIpc) is 2.48. The lowest BCUT2D eigenvalue weighted by molar-refractivity contribution is 0.316. The van der Waals surface area contributed by atoms with Gasteiger partial charge in [0.1, 0.15) is 0 Å². The van der Waals surface area contributed by atoms with Crippen LogP contribution in [0.15, 0.2) is 12.3 Å². The van der Waals surface area contributed by atoms with E-state index in [1.165, 1.54) is 0 Å². The summed E-state index contributed by atoms with van der Waals surface area (Å²) in [5.41, 5.74) is 6.94. The number of aromatic nitrogens is 2. The summed E-state index contributed by atoms with van der Waals surface area (Å²) in [6.07, 6.45) is 3.09. The Morgan fingerprint density at radius 2 is 2.23 bits per heavy atom. The minimum Gasteiger partial charge on any atom is -0.330 e. The van der Waals surface area contributed by atoms with E-state index in [2.05, 4.69) is 18.9 Å². The molecular formula is C10H19N3. The maximum atomic E-state index is 5.65. The van der Waals surface area contributed by atoms with Crippen LogP contribution in [0.2, 0.25) is 0 Å². The summed E-state index contributed by atoms with van der Waals surface area (Å²) in [5.74, 6) is 0. The molecule has 0 aliphatic carbocycles. The van der Waals surface area contributed by atoms with Gasteiger partial charge in [-0.05, 0) is 31.4 Å². The number of hydrogen-bond acceptors (Lipinski definition) is 2. The van der Waals surface area contributed by atoms with Crippen LogP contribution in [0.3, 0.4) is 0 Å². The summed E-state index contributed by atoms with van der Waals surface area (Å²) in [6.45, 7) is 8.06. The molecule has 0 aliphatic heterocycles. The van der Waals surface area contributed by atoms with Gasteiger partial charge in [0.05, 0.1) is 5.69 Å². The van der Waals surface area contributed by atoms with Gasteiger partial charge in [-0.15, -0.1) is 0 Å². The second-order valence-electron chi connectivity index (χ2n) is 4.34. The van der Waals surface area contributed by atoms with Gasteiger partial charge in [-0.1, -0.05) is 13.8 Å². The quantitative estimate of drug-likeness (QED) is 0.766. The third-order valence-electron chi connectivity index (χ3n) is 2.34. The van der Waals surface area contributed by atoms with E-state index in [1.807, 2.05) is 23.9 Å². The molecule has 0 saturated carbocycles. The van der Waals surface area contributed by atoms with Crippen LogP contribution in [0.1, 0.15) is 26.0 Å². The van der Waals surface area contributed by atoms with Gasteiger partial charge in [-0.3, -0.25) is 4.68 Å². The van der Waals surface area contributed by atoms with Gasteiger partial charge in [0.25, 0.3) is 0 Å². The molecule has 0 aliphatic rings. The smallest absolute Gasteiger partial charge is 0.0593 e. The highest BCUT2D eigenvalue weighted by atomic mass is 15.3. The van der Waals surface area contributed by atoms with Gasteiger partial charge in [-0.25, -0.2) is 0 Å². The Balaban J connectivity index is 2.43. The second-order valence-corrected chi connectivity index (χ2v) is 4.34. The topological polar surface area (TPSA) is 43.8 Å². The molecule has 0 unspecified atom stereocenters. The molecule has 0 atom stereocenters. The molecule has 0 amide bonds. The van der Waals surface area contributed by atoms with Crippen molar-refractivity contribution in [2.75, 3.05) is 6.54 Å². The summed E-state index contributed by atoms with van der Waals surface area (Å²) in [6, 6.07) is 2.02. The molecule has 1 rings (SSSR count). The molecule has 1 aromatic rings. The van der Waals surface area contributed by atoms with Crippen molar-refractivity contribution >= 4 is 0 Å². The van der Waals surface area contributed by atoms with E-state index < -0.39 is 0 Å². The van der Waals surface area contributed by atoms with Crippen molar-refractivity contribution < 1.29 is 0 Å². The molecule has 1 heterocycles. The van der Waals surface area contributed by atoms with E-state index in [0.29, 0.717) is 0 Å². The summed E-state index contributed by atoms with van der Waals surface area (Å²) in [5, 5.41) is 4.32. The number of rotatable bonds is 4. The first-order chi connectivity index (χ1) is 6.03. The van der Waals surface area contributed by atoms with Crippen LogP contribution < -0.4 is 5.73 Å². The highest BCUT2D eigenvalue weighted by molar-refractivity contribution is 4.94. The minimum atomic E-state index is 0.222. The lowest BCUT2D eigenvalue weighted by Gasteiger charge is -2.21. The van der Waals surface area contributed by atoms with Crippen molar-refractivity contribution in [3.63, 3.8) is 0 Å². The van der Waals surface area contributed by atoms with E-state index in [-0.39, 0.29) is 5.41 Å². The standard InChI is InChI=1S/C10H19N3/c1-9-4-6-13(12-9)7-5-10(2,3)8-11/h4,6H,5,7-8,11H2,1-3H3. The first-order valence-electron chi connectivity index (χ1n) is 4.74. The third-order valence-corrected chi connectivity index (χ3v) is 2.34. The molecule has 3 nitrogen and oxygen atoms in total. The molecule has 0 aromatic carbocycles. The van der Waals surface area contributed by atoms with E-state index in [4.69, 9.17) is 5.73 Å². The first kappa shape index (κ1) is 10.3. The predicted molar refractivity (Wildman–Crippen MR) is 54.4 cm³/mol. The molecule has 0 radical (unpaired) electrons. The number of hydrogen-bond donors (Lipinski definition) is 1. The Morgan fingerprint density at radius 1 is 1.54 bits per heavy atom. The van der Waals surface area contributed by atoms with Crippen LogP contribution in [0.5, 0.6) is 0 Å². The zero-order valence-corrected chi connectivity index (χ0v) is 8.75. The molecule has 1 aromatic heterocycles. The van der Waals surface area contributed by atoms with Crippen LogP contribution in [0.25, 0.3) is 0 Å². The van der Waals surface area contributed by atoms with Crippen LogP contribution in [0.4, 0.5) is 0 Å². The molecule has 0 bridgehead atoms. The van der Waals surface area contributed by atoms with Gasteiger partial charge >= 0.3 is 0 Å². The zero-order valence-electron chi connectivity index (χ0n) is 8.75. The molecule has 0 spiro atoms. The van der Waals surface area contributed by atoms with E-state index in [1.54, 1.807) is 0 Å². The van der Waals surface area contributed by atoms with Crippen LogP contribution in [0, 0.1) is 12.3 Å². The fourth-order valence-electron chi connectivity index (χ4n) is 1.11. The molecular weight excluding hydrogens is 162 g/mol. The third kappa shape index (κ3) is 3.19.